The van der Waals surface area contributed by atoms with Gasteiger partial charge < -0.3 is 14.6 Å². The lowest BCUT2D eigenvalue weighted by atomic mass is 10.0. The summed E-state index contributed by atoms with van der Waals surface area (Å²) >= 11 is 0. The number of aliphatic hydroxyl groups is 1. The van der Waals surface area contributed by atoms with Gasteiger partial charge in [0.15, 0.2) is 6.10 Å². The second kappa shape index (κ2) is 8.10. The number of methoxy groups -OCH3 is 1. The number of esters is 1. The van der Waals surface area contributed by atoms with Crippen molar-refractivity contribution in [1.82, 2.24) is 0 Å². The zero-order valence-corrected chi connectivity index (χ0v) is 12.9. The molecular weight excluding hydrogens is 294 g/mol. The van der Waals surface area contributed by atoms with E-state index < -0.39 is 18.1 Å². The third-order valence-corrected chi connectivity index (χ3v) is 3.47. The van der Waals surface area contributed by atoms with Gasteiger partial charge >= 0.3 is 5.97 Å². The van der Waals surface area contributed by atoms with E-state index >= 15 is 0 Å². The van der Waals surface area contributed by atoms with Crippen molar-refractivity contribution in [1.29, 1.82) is 0 Å². The van der Waals surface area contributed by atoms with Crippen LogP contribution < -0.4 is 9.73 Å². The van der Waals surface area contributed by atoms with E-state index in [9.17, 15) is 9.90 Å². The third-order valence-electron chi connectivity index (χ3n) is 3.47. The maximum absolute atomic E-state index is 12.2. The number of ether oxygens (including phenoxy) is 2. The highest BCUT2D eigenvalue weighted by atomic mass is 16.5. The molecule has 0 aliphatic rings. The summed E-state index contributed by atoms with van der Waals surface area (Å²) in [4.78, 5) is 14.7. The number of aliphatic hydroxyl groups excluding tert-OH is 1. The first-order valence-electron chi connectivity index (χ1n) is 7.21. The van der Waals surface area contributed by atoms with Crippen molar-refractivity contribution in [3.05, 3.63) is 65.7 Å². The molecule has 0 aromatic heterocycles. The predicted octanol–water partition coefficient (Wildman–Crippen LogP) is 0.622. The van der Waals surface area contributed by atoms with Crippen LogP contribution in [0.3, 0.4) is 0 Å². The second-order valence-electron chi connectivity index (χ2n) is 4.99. The SMILES string of the molecule is C=[NH+][C@H](C(=O)OCc1ccccc1)[C@H](O)c1ccc(OC)cc1. The Balaban J connectivity index is 2.02. The van der Waals surface area contributed by atoms with E-state index in [1.54, 1.807) is 31.4 Å². The van der Waals surface area contributed by atoms with Gasteiger partial charge in [-0.25, -0.2) is 9.79 Å². The lowest BCUT2D eigenvalue weighted by molar-refractivity contribution is -0.496. The molecule has 0 spiro atoms. The molecule has 2 atom stereocenters. The molecule has 0 aliphatic heterocycles. The molecule has 5 nitrogen and oxygen atoms in total. The van der Waals surface area contributed by atoms with Crippen molar-refractivity contribution in [3.8, 4) is 5.75 Å². The molecule has 2 N–H and O–H groups in total. The predicted molar refractivity (Wildman–Crippen MR) is 86.1 cm³/mol. The van der Waals surface area contributed by atoms with Crippen molar-refractivity contribution in [2.45, 2.75) is 18.8 Å². The molecule has 0 unspecified atom stereocenters. The average Bonchev–Trinajstić information content (AvgIpc) is 2.61. The maximum Gasteiger partial charge on any atom is 0.378 e. The largest absolute Gasteiger partial charge is 0.497 e. The van der Waals surface area contributed by atoms with E-state index in [4.69, 9.17) is 9.47 Å². The average molecular weight is 314 g/mol. The van der Waals surface area contributed by atoms with E-state index in [1.165, 1.54) is 0 Å². The smallest absolute Gasteiger partial charge is 0.378 e. The number of hydrogen-bond donors (Lipinski definition) is 2. The van der Waals surface area contributed by atoms with Gasteiger partial charge in [0.1, 0.15) is 19.1 Å². The summed E-state index contributed by atoms with van der Waals surface area (Å²) in [7, 11) is 1.56. The molecule has 0 radical (unpaired) electrons. The summed E-state index contributed by atoms with van der Waals surface area (Å²) in [5.74, 6) is 0.110. The first kappa shape index (κ1) is 16.7. The van der Waals surface area contributed by atoms with Crippen molar-refractivity contribution in [3.63, 3.8) is 0 Å². The van der Waals surface area contributed by atoms with Gasteiger partial charge in [0.25, 0.3) is 6.04 Å². The van der Waals surface area contributed by atoms with E-state index in [0.29, 0.717) is 11.3 Å². The fourth-order valence-electron chi connectivity index (χ4n) is 2.14. The van der Waals surface area contributed by atoms with Gasteiger partial charge in [-0.3, -0.25) is 0 Å². The number of carbonyl (C=O) groups excluding carboxylic acids is 1. The summed E-state index contributed by atoms with van der Waals surface area (Å²) in [5, 5.41) is 10.4. The summed E-state index contributed by atoms with van der Waals surface area (Å²) in [6, 6.07) is 15.2. The first-order chi connectivity index (χ1) is 11.2. The number of rotatable bonds is 7. The number of hydrogen-bond acceptors (Lipinski definition) is 4. The Hall–Kier alpha value is -2.66. The molecule has 0 fully saturated rings. The van der Waals surface area contributed by atoms with Crippen LogP contribution in [0, 0.1) is 0 Å². The van der Waals surface area contributed by atoms with Crippen LogP contribution in [-0.4, -0.2) is 30.9 Å². The van der Waals surface area contributed by atoms with Gasteiger partial charge in [-0.05, 0) is 23.3 Å². The topological polar surface area (TPSA) is 69.7 Å². The normalized spacial score (nSPS) is 13.0. The molecule has 120 valence electrons. The highest BCUT2D eigenvalue weighted by Crippen LogP contribution is 2.19. The van der Waals surface area contributed by atoms with E-state index in [1.807, 2.05) is 30.3 Å². The van der Waals surface area contributed by atoms with Crippen molar-refractivity contribution in [2.24, 2.45) is 0 Å². The molecule has 0 saturated heterocycles. The third kappa shape index (κ3) is 4.40. The summed E-state index contributed by atoms with van der Waals surface area (Å²) in [6.45, 7) is 3.65. The van der Waals surface area contributed by atoms with E-state index in [0.717, 1.165) is 5.56 Å². The molecule has 0 bridgehead atoms. The Morgan fingerprint density at radius 1 is 1.17 bits per heavy atom. The first-order valence-corrected chi connectivity index (χ1v) is 7.21. The Labute approximate surface area is 135 Å². The van der Waals surface area contributed by atoms with Crippen LogP contribution in [0.5, 0.6) is 5.75 Å². The number of nitrogens with one attached hydrogen (secondary N) is 1. The molecule has 0 heterocycles. The Morgan fingerprint density at radius 3 is 2.39 bits per heavy atom. The second-order valence-corrected chi connectivity index (χ2v) is 4.99. The van der Waals surface area contributed by atoms with Crippen LogP contribution in [0.25, 0.3) is 0 Å². The quantitative estimate of drug-likeness (QED) is 0.581. The summed E-state index contributed by atoms with van der Waals surface area (Å²) in [5.41, 5.74) is 1.45. The molecule has 0 saturated carbocycles. The Kier molecular flexibility index (Phi) is 5.88. The van der Waals surface area contributed by atoms with Gasteiger partial charge in [-0.15, -0.1) is 0 Å². The minimum atomic E-state index is -1.07. The van der Waals surface area contributed by atoms with Crippen LogP contribution in [0.15, 0.2) is 54.6 Å². The number of benzene rings is 2. The zero-order valence-electron chi connectivity index (χ0n) is 12.9. The van der Waals surface area contributed by atoms with Gasteiger partial charge in [0, 0.05) is 0 Å². The lowest BCUT2D eigenvalue weighted by Gasteiger charge is -2.15. The fourth-order valence-corrected chi connectivity index (χ4v) is 2.14. The standard InChI is InChI=1S/C18H19NO4/c1-19-16(17(20)14-8-10-15(22-2)11-9-14)18(21)23-12-13-6-4-3-5-7-13/h3-11,16-17,20H,1,12H2,2H3/p+1/t16-,17+/m0/s1. The minimum absolute atomic E-state index is 0.146. The van der Waals surface area contributed by atoms with Crippen LogP contribution in [0.2, 0.25) is 0 Å². The molecule has 0 aliphatic carbocycles. The van der Waals surface area contributed by atoms with Crippen LogP contribution in [0.1, 0.15) is 17.2 Å². The van der Waals surface area contributed by atoms with Gasteiger partial charge in [-0.2, -0.15) is 0 Å². The van der Waals surface area contributed by atoms with E-state index in [-0.39, 0.29) is 6.61 Å². The van der Waals surface area contributed by atoms with Crippen molar-refractivity contribution in [2.75, 3.05) is 7.11 Å². The monoisotopic (exact) mass is 314 g/mol. The van der Waals surface area contributed by atoms with Gasteiger partial charge in [0.05, 0.1) is 7.11 Å². The highest BCUT2D eigenvalue weighted by Gasteiger charge is 2.33. The van der Waals surface area contributed by atoms with E-state index in [2.05, 4.69) is 11.7 Å². The Morgan fingerprint density at radius 2 is 1.83 bits per heavy atom. The molecule has 5 heteroatoms. The van der Waals surface area contributed by atoms with Crippen molar-refractivity contribution >= 4 is 12.7 Å². The molecular formula is C18H20NO4+. The lowest BCUT2D eigenvalue weighted by Crippen LogP contribution is -2.79. The molecule has 0 amide bonds. The fraction of sp³-hybridized carbons (Fsp3) is 0.222. The Bertz CT molecular complexity index is 640. The van der Waals surface area contributed by atoms with Crippen LogP contribution in [0.4, 0.5) is 0 Å². The summed E-state index contributed by atoms with van der Waals surface area (Å²) in [6.07, 6.45) is -1.07. The zero-order chi connectivity index (χ0) is 16.7. The highest BCUT2D eigenvalue weighted by molar-refractivity contribution is 5.75. The molecule has 23 heavy (non-hydrogen) atoms. The van der Waals surface area contributed by atoms with Crippen LogP contribution in [-0.2, 0) is 16.1 Å². The minimum Gasteiger partial charge on any atom is -0.497 e. The molecule has 2 aromatic rings. The van der Waals surface area contributed by atoms with Crippen LogP contribution >= 0.6 is 0 Å². The van der Waals surface area contributed by atoms with Gasteiger partial charge in [0.2, 0.25) is 0 Å². The maximum atomic E-state index is 12.2. The summed E-state index contributed by atoms with van der Waals surface area (Å²) < 4.78 is 10.3. The molecule has 2 aromatic carbocycles. The number of carbonyl (C=O) groups is 1. The van der Waals surface area contributed by atoms with Crippen molar-refractivity contribution < 1.29 is 24.4 Å². The molecule has 2 rings (SSSR count). The van der Waals surface area contributed by atoms with Gasteiger partial charge in [-0.1, -0.05) is 42.5 Å².